The molecule has 0 fully saturated rings. The number of nitrogens with one attached hydrogen (secondary N) is 1. The van der Waals surface area contributed by atoms with Gasteiger partial charge in [0.15, 0.2) is 0 Å². The first-order valence-electron chi connectivity index (χ1n) is 8.71. The fraction of sp³-hybridized carbons (Fsp3) is 0.526. The lowest BCUT2D eigenvalue weighted by molar-refractivity contribution is 0.0831. The number of likely N-dealkylation sites (N-methyl/N-ethyl adjacent to an activating group) is 1. The van der Waals surface area contributed by atoms with E-state index in [-0.39, 0.29) is 12.6 Å². The minimum Gasteiger partial charge on any atom is -0.491 e. The molecule has 0 saturated heterocycles. The lowest BCUT2D eigenvalue weighted by atomic mass is 10.2. The van der Waals surface area contributed by atoms with Crippen LogP contribution >= 0.6 is 0 Å². The second-order valence-electron chi connectivity index (χ2n) is 6.96. The third-order valence-electron chi connectivity index (χ3n) is 3.91. The van der Waals surface area contributed by atoms with E-state index in [1.165, 1.54) is 0 Å². The largest absolute Gasteiger partial charge is 0.491 e. The zero-order valence-electron chi connectivity index (χ0n) is 15.8. The van der Waals surface area contributed by atoms with Crippen LogP contribution in [-0.4, -0.2) is 53.1 Å². The minimum absolute atomic E-state index is 0.168. The standard InChI is InChI=1S/C19H30N4O2/c1-14(2)23-11-16(10-20-23)15(3)21-17-6-8-19(9-7-17)25-13-18(24)12-22(4)5/h6-11,14-15,18,21,24H,12-13H2,1-5H3. The molecule has 0 spiro atoms. The number of rotatable bonds is 9. The number of aliphatic hydroxyl groups excluding tert-OH is 1. The van der Waals surface area contributed by atoms with Crippen LogP contribution in [-0.2, 0) is 0 Å². The highest BCUT2D eigenvalue weighted by atomic mass is 16.5. The lowest BCUT2D eigenvalue weighted by Gasteiger charge is -2.17. The van der Waals surface area contributed by atoms with Gasteiger partial charge in [-0.15, -0.1) is 0 Å². The normalized spacial score (nSPS) is 13.9. The lowest BCUT2D eigenvalue weighted by Crippen LogP contribution is -2.30. The highest BCUT2D eigenvalue weighted by Gasteiger charge is 2.10. The molecule has 138 valence electrons. The van der Waals surface area contributed by atoms with Crippen molar-refractivity contribution in [2.45, 2.75) is 39.0 Å². The Morgan fingerprint density at radius 2 is 1.88 bits per heavy atom. The van der Waals surface area contributed by atoms with Gasteiger partial charge in [0.05, 0.1) is 12.2 Å². The average Bonchev–Trinajstić information content (AvgIpc) is 3.04. The first-order valence-corrected chi connectivity index (χ1v) is 8.71. The molecule has 1 aromatic carbocycles. The van der Waals surface area contributed by atoms with Crippen molar-refractivity contribution in [2.75, 3.05) is 32.6 Å². The summed E-state index contributed by atoms with van der Waals surface area (Å²) in [6, 6.07) is 8.32. The van der Waals surface area contributed by atoms with Gasteiger partial charge in [-0.3, -0.25) is 4.68 Å². The summed E-state index contributed by atoms with van der Waals surface area (Å²) in [5.74, 6) is 0.753. The molecule has 25 heavy (non-hydrogen) atoms. The molecule has 2 N–H and O–H groups in total. The summed E-state index contributed by atoms with van der Waals surface area (Å²) in [6.45, 7) is 7.22. The molecule has 2 unspecified atom stereocenters. The summed E-state index contributed by atoms with van der Waals surface area (Å²) < 4.78 is 7.59. The predicted molar refractivity (Wildman–Crippen MR) is 101 cm³/mol. The Kier molecular flexibility index (Phi) is 6.84. The molecule has 0 bridgehead atoms. The van der Waals surface area contributed by atoms with Gasteiger partial charge in [0, 0.05) is 30.0 Å². The van der Waals surface area contributed by atoms with Crippen LogP contribution in [0.5, 0.6) is 5.75 Å². The Morgan fingerprint density at radius 3 is 2.44 bits per heavy atom. The van der Waals surface area contributed by atoms with Crippen LogP contribution < -0.4 is 10.1 Å². The SMILES string of the molecule is CC(Nc1ccc(OCC(O)CN(C)C)cc1)c1cnn(C(C)C)c1. The highest BCUT2D eigenvalue weighted by Crippen LogP contribution is 2.22. The minimum atomic E-state index is -0.495. The molecule has 6 nitrogen and oxygen atoms in total. The van der Waals surface area contributed by atoms with E-state index in [2.05, 4.69) is 37.4 Å². The van der Waals surface area contributed by atoms with Gasteiger partial charge in [-0.2, -0.15) is 5.10 Å². The summed E-state index contributed by atoms with van der Waals surface area (Å²) in [4.78, 5) is 1.93. The quantitative estimate of drug-likeness (QED) is 0.731. The van der Waals surface area contributed by atoms with Crippen molar-refractivity contribution in [1.29, 1.82) is 0 Å². The van der Waals surface area contributed by atoms with Crippen molar-refractivity contribution in [3.63, 3.8) is 0 Å². The third-order valence-corrected chi connectivity index (χ3v) is 3.91. The number of aromatic nitrogens is 2. The molecule has 6 heteroatoms. The third kappa shape index (κ3) is 6.07. The fourth-order valence-electron chi connectivity index (χ4n) is 2.51. The molecular weight excluding hydrogens is 316 g/mol. The van der Waals surface area contributed by atoms with Gasteiger partial charge in [0.2, 0.25) is 0 Å². The van der Waals surface area contributed by atoms with Crippen molar-refractivity contribution >= 4 is 5.69 Å². The number of aliphatic hydroxyl groups is 1. The maximum Gasteiger partial charge on any atom is 0.119 e. The van der Waals surface area contributed by atoms with Gasteiger partial charge in [-0.25, -0.2) is 0 Å². The van der Waals surface area contributed by atoms with E-state index in [0.29, 0.717) is 12.6 Å². The van der Waals surface area contributed by atoms with Gasteiger partial charge in [0.25, 0.3) is 0 Å². The Morgan fingerprint density at radius 1 is 1.20 bits per heavy atom. The van der Waals surface area contributed by atoms with Crippen molar-refractivity contribution in [3.8, 4) is 5.75 Å². The number of anilines is 1. The van der Waals surface area contributed by atoms with Crippen molar-refractivity contribution in [3.05, 3.63) is 42.2 Å². The van der Waals surface area contributed by atoms with Crippen LogP contribution in [0.2, 0.25) is 0 Å². The summed E-state index contributed by atoms with van der Waals surface area (Å²) >= 11 is 0. The second-order valence-corrected chi connectivity index (χ2v) is 6.96. The number of hydrogen-bond acceptors (Lipinski definition) is 5. The monoisotopic (exact) mass is 346 g/mol. The van der Waals surface area contributed by atoms with Gasteiger partial charge < -0.3 is 20.1 Å². The van der Waals surface area contributed by atoms with E-state index >= 15 is 0 Å². The maximum atomic E-state index is 9.83. The van der Waals surface area contributed by atoms with E-state index in [9.17, 15) is 5.11 Å². The van der Waals surface area contributed by atoms with E-state index in [1.807, 2.05) is 54.1 Å². The van der Waals surface area contributed by atoms with Crippen molar-refractivity contribution in [2.24, 2.45) is 0 Å². The second kappa shape index (κ2) is 8.87. The van der Waals surface area contributed by atoms with Gasteiger partial charge >= 0.3 is 0 Å². The first kappa shape index (κ1) is 19.3. The Hall–Kier alpha value is -2.05. The van der Waals surface area contributed by atoms with E-state index in [0.717, 1.165) is 17.0 Å². The van der Waals surface area contributed by atoms with Crippen LogP contribution in [0.3, 0.4) is 0 Å². The average molecular weight is 346 g/mol. The van der Waals surface area contributed by atoms with Gasteiger partial charge in [0.1, 0.15) is 18.5 Å². The molecule has 1 aromatic heterocycles. The molecule has 2 aromatic rings. The molecule has 0 amide bonds. The van der Waals surface area contributed by atoms with Crippen LogP contribution in [0.1, 0.15) is 38.4 Å². The topological polar surface area (TPSA) is 62.5 Å². The van der Waals surface area contributed by atoms with E-state index in [1.54, 1.807) is 0 Å². The maximum absolute atomic E-state index is 9.83. The molecule has 0 aliphatic carbocycles. The number of benzene rings is 1. The number of hydrogen-bond donors (Lipinski definition) is 2. The van der Waals surface area contributed by atoms with Crippen LogP contribution in [0, 0.1) is 0 Å². The van der Waals surface area contributed by atoms with Gasteiger partial charge in [-0.05, 0) is 59.1 Å². The van der Waals surface area contributed by atoms with Crippen LogP contribution in [0.25, 0.3) is 0 Å². The predicted octanol–water partition coefficient (Wildman–Crippen LogP) is 2.94. The molecular formula is C19H30N4O2. The molecule has 0 saturated carbocycles. The Balaban J connectivity index is 1.86. The summed E-state index contributed by atoms with van der Waals surface area (Å²) in [5, 5.41) is 17.7. The molecule has 2 rings (SSSR count). The smallest absolute Gasteiger partial charge is 0.119 e. The van der Waals surface area contributed by atoms with Gasteiger partial charge in [-0.1, -0.05) is 0 Å². The summed E-state index contributed by atoms with van der Waals surface area (Å²) in [5.41, 5.74) is 2.17. The highest BCUT2D eigenvalue weighted by molar-refractivity contribution is 5.47. The number of nitrogens with zero attached hydrogens (tertiary/aromatic N) is 3. The molecule has 1 heterocycles. The van der Waals surface area contributed by atoms with Crippen molar-refractivity contribution in [1.82, 2.24) is 14.7 Å². The molecule has 0 aliphatic rings. The zero-order valence-corrected chi connectivity index (χ0v) is 15.8. The van der Waals surface area contributed by atoms with Crippen LogP contribution in [0.4, 0.5) is 5.69 Å². The van der Waals surface area contributed by atoms with E-state index in [4.69, 9.17) is 4.74 Å². The summed E-state index contributed by atoms with van der Waals surface area (Å²) in [6.07, 6.45) is 3.48. The summed E-state index contributed by atoms with van der Waals surface area (Å²) in [7, 11) is 3.85. The van der Waals surface area contributed by atoms with Crippen LogP contribution in [0.15, 0.2) is 36.7 Å². The zero-order chi connectivity index (χ0) is 18.4. The van der Waals surface area contributed by atoms with E-state index < -0.39 is 6.10 Å². The number of ether oxygens (including phenoxy) is 1. The Bertz CT molecular complexity index is 637. The first-order chi connectivity index (χ1) is 11.8. The Labute approximate surface area is 150 Å². The molecule has 0 aliphatic heterocycles. The molecule has 2 atom stereocenters. The molecule has 0 radical (unpaired) electrons. The fourth-order valence-corrected chi connectivity index (χ4v) is 2.51. The van der Waals surface area contributed by atoms with Crippen molar-refractivity contribution < 1.29 is 9.84 Å².